The van der Waals surface area contributed by atoms with Crippen LogP contribution < -0.4 is 5.32 Å². The number of hydrogen-bond acceptors (Lipinski definition) is 2. The van der Waals surface area contributed by atoms with Crippen LogP contribution in [0.15, 0.2) is 36.7 Å². The van der Waals surface area contributed by atoms with Crippen molar-refractivity contribution in [2.24, 2.45) is 11.8 Å². The van der Waals surface area contributed by atoms with Crippen LogP contribution in [0.4, 0.5) is 0 Å². The molecule has 23 heavy (non-hydrogen) atoms. The van der Waals surface area contributed by atoms with Gasteiger partial charge in [0.05, 0.1) is 0 Å². The predicted molar refractivity (Wildman–Crippen MR) is 89.2 cm³/mol. The molecule has 2 aliphatic rings. The van der Waals surface area contributed by atoms with Gasteiger partial charge in [0.25, 0.3) is 5.91 Å². The summed E-state index contributed by atoms with van der Waals surface area (Å²) in [7, 11) is 0. The maximum absolute atomic E-state index is 12.4. The number of benzene rings is 1. The number of nitrogens with one attached hydrogen (secondary N) is 1. The Bertz CT molecular complexity index is 704. The summed E-state index contributed by atoms with van der Waals surface area (Å²) in [5.41, 5.74) is 1.95. The van der Waals surface area contributed by atoms with Crippen molar-refractivity contribution in [3.8, 4) is 0 Å². The van der Waals surface area contributed by atoms with Gasteiger partial charge in [-0.2, -0.15) is 0 Å². The highest BCUT2D eigenvalue weighted by atomic mass is 16.1. The number of fused-ring (bicyclic) bond motifs is 2. The van der Waals surface area contributed by atoms with E-state index in [1.165, 1.54) is 31.2 Å². The number of amides is 1. The van der Waals surface area contributed by atoms with Crippen LogP contribution in [0.2, 0.25) is 0 Å². The third-order valence-corrected chi connectivity index (χ3v) is 5.55. The van der Waals surface area contributed by atoms with Gasteiger partial charge in [0.2, 0.25) is 0 Å². The number of aromatic nitrogens is 2. The second kappa shape index (κ2) is 5.84. The van der Waals surface area contributed by atoms with E-state index >= 15 is 0 Å². The molecule has 2 saturated carbocycles. The number of carbonyl (C=O) groups is 1. The largest absolute Gasteiger partial charge is 0.349 e. The van der Waals surface area contributed by atoms with Gasteiger partial charge in [-0.05, 0) is 55.7 Å². The highest BCUT2D eigenvalue weighted by molar-refractivity contribution is 5.94. The Morgan fingerprint density at radius 3 is 2.70 bits per heavy atom. The molecule has 4 nitrogen and oxygen atoms in total. The molecular formula is C19H23N3O. The monoisotopic (exact) mass is 309 g/mol. The van der Waals surface area contributed by atoms with Gasteiger partial charge in [-0.25, -0.2) is 4.98 Å². The summed E-state index contributed by atoms with van der Waals surface area (Å²) in [5, 5.41) is 3.25. The van der Waals surface area contributed by atoms with Gasteiger partial charge in [0, 0.05) is 30.5 Å². The van der Waals surface area contributed by atoms with Gasteiger partial charge in [0.1, 0.15) is 5.82 Å². The first kappa shape index (κ1) is 14.5. The molecule has 4 heteroatoms. The minimum Gasteiger partial charge on any atom is -0.349 e. The highest BCUT2D eigenvalue weighted by Crippen LogP contribution is 2.44. The lowest BCUT2D eigenvalue weighted by atomic mass is 9.95. The number of hydrogen-bond donors (Lipinski definition) is 1. The van der Waals surface area contributed by atoms with Gasteiger partial charge in [-0.3, -0.25) is 4.79 Å². The van der Waals surface area contributed by atoms with E-state index in [2.05, 4.69) is 14.9 Å². The molecule has 0 saturated heterocycles. The van der Waals surface area contributed by atoms with Crippen molar-refractivity contribution in [1.29, 1.82) is 0 Å². The molecule has 0 spiro atoms. The van der Waals surface area contributed by atoms with Gasteiger partial charge in [-0.1, -0.05) is 18.6 Å². The molecule has 2 aliphatic carbocycles. The maximum atomic E-state index is 12.4. The van der Waals surface area contributed by atoms with Crippen LogP contribution >= 0.6 is 0 Å². The lowest BCUT2D eigenvalue weighted by Gasteiger charge is -2.22. The molecule has 0 unspecified atom stereocenters. The second-order valence-electron chi connectivity index (χ2n) is 7.05. The van der Waals surface area contributed by atoms with Crippen LogP contribution in [-0.2, 0) is 6.54 Å². The van der Waals surface area contributed by atoms with Gasteiger partial charge >= 0.3 is 0 Å². The number of nitrogens with zero attached hydrogens (tertiary/aromatic N) is 2. The molecule has 0 radical (unpaired) electrons. The minimum absolute atomic E-state index is 0.0768. The van der Waals surface area contributed by atoms with Crippen LogP contribution in [-0.4, -0.2) is 21.5 Å². The van der Waals surface area contributed by atoms with E-state index in [0.717, 1.165) is 23.9 Å². The van der Waals surface area contributed by atoms with Crippen molar-refractivity contribution >= 4 is 5.91 Å². The average Bonchev–Trinajstić information content (AvgIpc) is 3.26. The third kappa shape index (κ3) is 2.90. The van der Waals surface area contributed by atoms with E-state index in [1.807, 2.05) is 43.6 Å². The molecule has 1 heterocycles. The topological polar surface area (TPSA) is 46.9 Å². The van der Waals surface area contributed by atoms with Crippen molar-refractivity contribution in [2.75, 3.05) is 0 Å². The normalized spacial score (nSPS) is 25.7. The molecule has 4 rings (SSSR count). The smallest absolute Gasteiger partial charge is 0.251 e. The Morgan fingerprint density at radius 2 is 2.09 bits per heavy atom. The standard InChI is InChI=1S/C19H23N3O/c1-13-20-8-9-22(13)12-14-2-5-16(6-3-14)19(23)21-18-11-15-4-7-17(18)10-15/h2-3,5-6,8-9,15,17-18H,4,7,10-12H2,1H3,(H,21,23)/t15-,17-,18-/m0/s1. The quantitative estimate of drug-likeness (QED) is 0.943. The number of carbonyl (C=O) groups excluding carboxylic acids is 1. The van der Waals surface area contributed by atoms with Crippen molar-refractivity contribution in [3.05, 3.63) is 53.6 Å². The molecular weight excluding hydrogens is 286 g/mol. The average molecular weight is 309 g/mol. The maximum Gasteiger partial charge on any atom is 0.251 e. The lowest BCUT2D eigenvalue weighted by molar-refractivity contribution is 0.0923. The van der Waals surface area contributed by atoms with E-state index in [9.17, 15) is 4.79 Å². The highest BCUT2D eigenvalue weighted by Gasteiger charge is 2.40. The third-order valence-electron chi connectivity index (χ3n) is 5.55. The van der Waals surface area contributed by atoms with Gasteiger partial charge in [-0.15, -0.1) is 0 Å². The first-order valence-electron chi connectivity index (χ1n) is 8.56. The molecule has 2 fully saturated rings. The first-order valence-corrected chi connectivity index (χ1v) is 8.56. The van der Waals surface area contributed by atoms with Gasteiger partial charge in [0.15, 0.2) is 0 Å². The fraction of sp³-hybridized carbons (Fsp3) is 0.474. The zero-order chi connectivity index (χ0) is 15.8. The summed E-state index contributed by atoms with van der Waals surface area (Å²) in [6, 6.07) is 8.34. The Kier molecular flexibility index (Phi) is 3.68. The van der Waals surface area contributed by atoms with Crippen LogP contribution in [0, 0.1) is 18.8 Å². The zero-order valence-electron chi connectivity index (χ0n) is 13.5. The number of imidazole rings is 1. The molecule has 1 N–H and O–H groups in total. The molecule has 1 aromatic carbocycles. The predicted octanol–water partition coefficient (Wildman–Crippen LogP) is 3.16. The van der Waals surface area contributed by atoms with Crippen molar-refractivity contribution in [1.82, 2.24) is 14.9 Å². The van der Waals surface area contributed by atoms with Crippen molar-refractivity contribution in [2.45, 2.75) is 45.2 Å². The SMILES string of the molecule is Cc1nccn1Cc1ccc(C(=O)N[C@H]2C[C@H]3CC[C@H]2C3)cc1. The summed E-state index contributed by atoms with van der Waals surface area (Å²) >= 11 is 0. The molecule has 2 aromatic rings. The Labute approximate surface area is 136 Å². The zero-order valence-corrected chi connectivity index (χ0v) is 13.5. The van der Waals surface area contributed by atoms with E-state index in [-0.39, 0.29) is 5.91 Å². The molecule has 1 aromatic heterocycles. The molecule has 1 amide bonds. The Hall–Kier alpha value is -2.10. The Balaban J connectivity index is 1.39. The lowest BCUT2D eigenvalue weighted by Crippen LogP contribution is -2.38. The summed E-state index contributed by atoms with van der Waals surface area (Å²) in [6.45, 7) is 2.79. The van der Waals surface area contributed by atoms with Crippen LogP contribution in [0.25, 0.3) is 0 Å². The number of rotatable bonds is 4. The van der Waals surface area contributed by atoms with Crippen LogP contribution in [0.3, 0.4) is 0 Å². The summed E-state index contributed by atoms with van der Waals surface area (Å²) < 4.78 is 2.10. The van der Waals surface area contributed by atoms with E-state index in [0.29, 0.717) is 12.0 Å². The fourth-order valence-corrected chi connectivity index (χ4v) is 4.20. The minimum atomic E-state index is 0.0768. The summed E-state index contributed by atoms with van der Waals surface area (Å²) in [6.07, 6.45) is 8.93. The molecule has 0 aliphatic heterocycles. The van der Waals surface area contributed by atoms with E-state index in [4.69, 9.17) is 0 Å². The van der Waals surface area contributed by atoms with E-state index in [1.54, 1.807) is 0 Å². The van der Waals surface area contributed by atoms with Crippen LogP contribution in [0.5, 0.6) is 0 Å². The summed E-state index contributed by atoms with van der Waals surface area (Å²) in [5.74, 6) is 2.65. The van der Waals surface area contributed by atoms with Crippen molar-refractivity contribution in [3.63, 3.8) is 0 Å². The van der Waals surface area contributed by atoms with Crippen LogP contribution in [0.1, 0.15) is 47.4 Å². The fourth-order valence-electron chi connectivity index (χ4n) is 4.20. The molecule has 2 bridgehead atoms. The second-order valence-corrected chi connectivity index (χ2v) is 7.05. The number of aryl methyl sites for hydroxylation is 1. The molecule has 120 valence electrons. The first-order chi connectivity index (χ1) is 11.2. The Morgan fingerprint density at radius 1 is 1.26 bits per heavy atom. The van der Waals surface area contributed by atoms with Crippen molar-refractivity contribution < 1.29 is 4.79 Å². The summed E-state index contributed by atoms with van der Waals surface area (Å²) in [4.78, 5) is 16.7. The molecule has 3 atom stereocenters. The van der Waals surface area contributed by atoms with Gasteiger partial charge < -0.3 is 9.88 Å². The van der Waals surface area contributed by atoms with E-state index < -0.39 is 0 Å².